The van der Waals surface area contributed by atoms with Gasteiger partial charge >= 0.3 is 6.18 Å². The fraction of sp³-hybridized carbons (Fsp3) is 0.400. The number of nitriles is 1. The highest BCUT2D eigenvalue weighted by atomic mass is 19.4. The van der Waals surface area contributed by atoms with Gasteiger partial charge in [0.25, 0.3) is 6.43 Å². The van der Waals surface area contributed by atoms with Crippen LogP contribution >= 0.6 is 0 Å². The Balaban J connectivity index is 3.52. The molecule has 0 atom stereocenters. The zero-order chi connectivity index (χ0) is 13.9. The predicted molar refractivity (Wildman–Crippen MR) is 50.1 cm³/mol. The second-order valence-electron chi connectivity index (χ2n) is 3.22. The van der Waals surface area contributed by atoms with Crippen LogP contribution in [0.2, 0.25) is 0 Å². The van der Waals surface area contributed by atoms with Crippen molar-refractivity contribution >= 4 is 0 Å². The summed E-state index contributed by atoms with van der Waals surface area (Å²) in [5.74, 6) is -1.01. The molecule has 0 N–H and O–H groups in total. The van der Waals surface area contributed by atoms with Gasteiger partial charge in [0.15, 0.2) is 11.4 Å². The first kappa shape index (κ1) is 14.2. The van der Waals surface area contributed by atoms with Gasteiger partial charge in [-0.3, -0.25) is 0 Å². The minimum atomic E-state index is -4.93. The van der Waals surface area contributed by atoms with Gasteiger partial charge in [0, 0.05) is 0 Å². The Morgan fingerprint density at radius 1 is 1.44 bits per heavy atom. The molecule has 0 bridgehead atoms. The largest absolute Gasteiger partial charge is 0.494 e. The lowest BCUT2D eigenvalue weighted by atomic mass is 10.1. The standard InChI is InChI=1S/C10H7F5N2O/c1-18-7-6(9(11)12)4-5(2-3-16)17-8(7)10(13,14)15/h4,9H,2H2,1H3. The van der Waals surface area contributed by atoms with Crippen LogP contribution in [0.15, 0.2) is 6.07 Å². The van der Waals surface area contributed by atoms with Gasteiger partial charge in [-0.2, -0.15) is 18.4 Å². The summed E-state index contributed by atoms with van der Waals surface area (Å²) in [4.78, 5) is 3.14. The van der Waals surface area contributed by atoms with Crippen LogP contribution in [0.1, 0.15) is 23.4 Å². The molecule has 1 rings (SSSR count). The minimum absolute atomic E-state index is 0.374. The zero-order valence-corrected chi connectivity index (χ0v) is 9.05. The van der Waals surface area contributed by atoms with Gasteiger partial charge in [-0.25, -0.2) is 13.8 Å². The van der Waals surface area contributed by atoms with Crippen molar-refractivity contribution in [3.63, 3.8) is 0 Å². The van der Waals surface area contributed by atoms with Crippen molar-refractivity contribution in [1.29, 1.82) is 5.26 Å². The average molecular weight is 266 g/mol. The third-order valence-electron chi connectivity index (χ3n) is 2.02. The number of nitrogens with zero attached hydrogens (tertiary/aromatic N) is 2. The summed E-state index contributed by atoms with van der Waals surface area (Å²) >= 11 is 0. The van der Waals surface area contributed by atoms with E-state index >= 15 is 0 Å². The molecule has 8 heteroatoms. The zero-order valence-electron chi connectivity index (χ0n) is 9.05. The Labute approximate surface area is 98.8 Å². The van der Waals surface area contributed by atoms with Gasteiger partial charge in [-0.1, -0.05) is 0 Å². The smallest absolute Gasteiger partial charge is 0.437 e. The molecule has 0 radical (unpaired) electrons. The van der Waals surface area contributed by atoms with E-state index in [1.54, 1.807) is 6.07 Å². The van der Waals surface area contributed by atoms with Crippen molar-refractivity contribution in [3.05, 3.63) is 23.0 Å². The van der Waals surface area contributed by atoms with Crippen LogP contribution < -0.4 is 4.74 Å². The average Bonchev–Trinajstić information content (AvgIpc) is 2.27. The molecule has 0 saturated heterocycles. The van der Waals surface area contributed by atoms with E-state index < -0.39 is 36.0 Å². The van der Waals surface area contributed by atoms with Gasteiger partial charge < -0.3 is 4.74 Å². The third-order valence-corrected chi connectivity index (χ3v) is 2.02. The molecule has 1 heterocycles. The summed E-state index contributed by atoms with van der Waals surface area (Å²) in [6, 6.07) is 2.29. The lowest BCUT2D eigenvalue weighted by Gasteiger charge is -2.15. The number of hydrogen-bond acceptors (Lipinski definition) is 3. The van der Waals surface area contributed by atoms with Gasteiger partial charge in [0.05, 0.1) is 30.9 Å². The molecular formula is C10H7F5N2O. The van der Waals surface area contributed by atoms with E-state index in [4.69, 9.17) is 5.26 Å². The summed E-state index contributed by atoms with van der Waals surface area (Å²) in [7, 11) is 0.849. The highest BCUT2D eigenvalue weighted by Crippen LogP contribution is 2.40. The molecule has 0 amide bonds. The number of pyridine rings is 1. The fourth-order valence-electron chi connectivity index (χ4n) is 1.35. The highest BCUT2D eigenvalue weighted by Gasteiger charge is 2.39. The number of methoxy groups -OCH3 is 1. The van der Waals surface area contributed by atoms with Crippen LogP contribution in [0.3, 0.4) is 0 Å². The first-order valence-electron chi connectivity index (χ1n) is 4.61. The molecule has 1 aromatic rings. The molecule has 0 fully saturated rings. The number of hydrogen-bond donors (Lipinski definition) is 0. The van der Waals surface area contributed by atoms with E-state index in [-0.39, 0.29) is 5.69 Å². The first-order chi connectivity index (χ1) is 8.31. The maximum Gasteiger partial charge on any atom is 0.437 e. The van der Waals surface area contributed by atoms with Crippen molar-refractivity contribution in [1.82, 2.24) is 4.98 Å². The maximum absolute atomic E-state index is 12.6. The van der Waals surface area contributed by atoms with Crippen LogP contribution in [-0.4, -0.2) is 12.1 Å². The topological polar surface area (TPSA) is 45.9 Å². The SMILES string of the molecule is COc1c(C(F)F)cc(CC#N)nc1C(F)(F)F. The lowest BCUT2D eigenvalue weighted by molar-refractivity contribution is -0.142. The quantitative estimate of drug-likeness (QED) is 0.789. The second kappa shape index (κ2) is 5.16. The van der Waals surface area contributed by atoms with Gasteiger partial charge in [0.2, 0.25) is 0 Å². The third kappa shape index (κ3) is 2.85. The van der Waals surface area contributed by atoms with Gasteiger partial charge in [-0.15, -0.1) is 0 Å². The van der Waals surface area contributed by atoms with E-state index in [2.05, 4.69) is 9.72 Å². The molecule has 0 aliphatic rings. The Kier molecular flexibility index (Phi) is 4.06. The predicted octanol–water partition coefficient (Wildman–Crippen LogP) is 3.11. The van der Waals surface area contributed by atoms with E-state index in [1.165, 1.54) is 0 Å². The molecule has 3 nitrogen and oxygen atoms in total. The lowest BCUT2D eigenvalue weighted by Crippen LogP contribution is -2.14. The van der Waals surface area contributed by atoms with Crippen LogP contribution in [0.25, 0.3) is 0 Å². The van der Waals surface area contributed by atoms with E-state index in [0.717, 1.165) is 13.2 Å². The Morgan fingerprint density at radius 3 is 2.44 bits per heavy atom. The summed E-state index contributed by atoms with van der Waals surface area (Å²) in [6.45, 7) is 0. The summed E-state index contributed by atoms with van der Waals surface area (Å²) in [6.07, 6.45) is -8.57. The van der Waals surface area contributed by atoms with Crippen molar-refractivity contribution in [2.45, 2.75) is 19.0 Å². The van der Waals surface area contributed by atoms with Crippen molar-refractivity contribution in [2.75, 3.05) is 7.11 Å². The molecule has 18 heavy (non-hydrogen) atoms. The van der Waals surface area contributed by atoms with E-state index in [1.807, 2.05) is 0 Å². The van der Waals surface area contributed by atoms with Gasteiger partial charge in [0.1, 0.15) is 0 Å². The number of alkyl halides is 5. The Bertz CT molecular complexity index is 478. The molecule has 0 spiro atoms. The van der Waals surface area contributed by atoms with Gasteiger partial charge in [-0.05, 0) is 6.07 Å². The second-order valence-corrected chi connectivity index (χ2v) is 3.22. The normalized spacial score (nSPS) is 11.4. The Hall–Kier alpha value is -1.91. The highest BCUT2D eigenvalue weighted by molar-refractivity contribution is 5.42. The molecular weight excluding hydrogens is 259 g/mol. The molecule has 98 valence electrons. The van der Waals surface area contributed by atoms with E-state index in [9.17, 15) is 22.0 Å². The summed E-state index contributed by atoms with van der Waals surface area (Å²) < 4.78 is 67.5. The molecule has 1 aromatic heterocycles. The van der Waals surface area contributed by atoms with Crippen molar-refractivity contribution in [3.8, 4) is 11.8 Å². The number of rotatable bonds is 3. The van der Waals surface area contributed by atoms with Crippen LogP contribution in [0.5, 0.6) is 5.75 Å². The van der Waals surface area contributed by atoms with Crippen LogP contribution in [0, 0.1) is 11.3 Å². The molecule has 0 unspecified atom stereocenters. The molecule has 0 aromatic carbocycles. The van der Waals surface area contributed by atoms with Crippen molar-refractivity contribution in [2.24, 2.45) is 0 Å². The van der Waals surface area contributed by atoms with Crippen LogP contribution in [0.4, 0.5) is 22.0 Å². The Morgan fingerprint density at radius 2 is 2.06 bits per heavy atom. The minimum Gasteiger partial charge on any atom is -0.494 e. The number of aromatic nitrogens is 1. The molecule has 0 saturated carbocycles. The first-order valence-corrected chi connectivity index (χ1v) is 4.61. The van der Waals surface area contributed by atoms with Crippen molar-refractivity contribution < 1.29 is 26.7 Å². The summed E-state index contributed by atoms with van der Waals surface area (Å²) in [5.41, 5.74) is -2.85. The fourth-order valence-corrected chi connectivity index (χ4v) is 1.35. The maximum atomic E-state index is 12.6. The van der Waals surface area contributed by atoms with Crippen LogP contribution in [-0.2, 0) is 12.6 Å². The monoisotopic (exact) mass is 266 g/mol. The molecule has 0 aliphatic heterocycles. The summed E-state index contributed by atoms with van der Waals surface area (Å²) in [5, 5.41) is 8.38. The van der Waals surface area contributed by atoms with E-state index in [0.29, 0.717) is 0 Å². The number of halogens is 5. The number of ether oxygens (including phenoxy) is 1. The molecule has 0 aliphatic carbocycles.